The summed E-state index contributed by atoms with van der Waals surface area (Å²) < 4.78 is 0. The van der Waals surface area contributed by atoms with Gasteiger partial charge in [-0.3, -0.25) is 10.1 Å². The number of nitrogens with zero attached hydrogens (tertiary/aromatic N) is 2. The number of rotatable bonds is 2. The van der Waals surface area contributed by atoms with E-state index in [0.717, 1.165) is 5.52 Å². The number of halogens is 1. The van der Waals surface area contributed by atoms with Crippen LogP contribution in [0, 0.1) is 0 Å². The maximum absolute atomic E-state index is 11.1. The molecule has 0 fully saturated rings. The molecule has 0 aliphatic carbocycles. The lowest BCUT2D eigenvalue weighted by Gasteiger charge is -1.95. The second-order valence-electron chi connectivity index (χ2n) is 2.99. The van der Waals surface area contributed by atoms with Crippen LogP contribution in [0.25, 0.3) is 11.2 Å². The molecule has 0 unspecified atom stereocenters. The molecule has 2 aromatic rings. The predicted molar refractivity (Wildman–Crippen MR) is 57.8 cm³/mol. The van der Waals surface area contributed by atoms with Crippen molar-refractivity contribution in [2.75, 3.05) is 5.32 Å². The minimum absolute atomic E-state index is 0.0971. The van der Waals surface area contributed by atoms with Crippen molar-refractivity contribution in [3.05, 3.63) is 17.3 Å². The monoisotopic (exact) mass is 224 g/mol. The summed E-state index contributed by atoms with van der Waals surface area (Å²) >= 11 is 5.71. The Kier molecular flexibility index (Phi) is 2.55. The Hall–Kier alpha value is -1.62. The molecule has 78 valence electrons. The number of hydrogen-bond donors (Lipinski definition) is 2. The van der Waals surface area contributed by atoms with Gasteiger partial charge < -0.3 is 4.98 Å². The molecule has 0 bridgehead atoms. The van der Waals surface area contributed by atoms with E-state index < -0.39 is 0 Å². The number of pyridine rings is 1. The molecule has 2 heterocycles. The van der Waals surface area contributed by atoms with Crippen LogP contribution in [0.3, 0.4) is 0 Å². The Morgan fingerprint density at radius 1 is 1.53 bits per heavy atom. The molecule has 1 amide bonds. The molecule has 5 nitrogen and oxygen atoms in total. The van der Waals surface area contributed by atoms with Crippen LogP contribution in [-0.4, -0.2) is 20.9 Å². The van der Waals surface area contributed by atoms with Gasteiger partial charge in [0.15, 0.2) is 5.65 Å². The minimum Gasteiger partial charge on any atom is -0.322 e. The topological polar surface area (TPSA) is 70.7 Å². The summed E-state index contributed by atoms with van der Waals surface area (Å²) in [5.41, 5.74) is 1.24. The number of aromatic nitrogens is 3. The Bertz CT molecular complexity index is 508. The number of fused-ring (bicyclic) bond motifs is 1. The molecule has 0 saturated carbocycles. The fourth-order valence-electron chi connectivity index (χ4n) is 1.15. The highest BCUT2D eigenvalue weighted by Gasteiger charge is 2.06. The summed E-state index contributed by atoms with van der Waals surface area (Å²) in [6.07, 6.45) is 0.408. The van der Waals surface area contributed by atoms with Gasteiger partial charge in [-0.1, -0.05) is 18.5 Å². The van der Waals surface area contributed by atoms with E-state index in [1.54, 1.807) is 19.1 Å². The second kappa shape index (κ2) is 3.86. The van der Waals surface area contributed by atoms with Crippen LogP contribution in [-0.2, 0) is 4.79 Å². The Balaban J connectivity index is 2.34. The van der Waals surface area contributed by atoms with E-state index in [4.69, 9.17) is 11.6 Å². The maximum atomic E-state index is 11.1. The quantitative estimate of drug-likeness (QED) is 0.766. The summed E-state index contributed by atoms with van der Waals surface area (Å²) in [6, 6.07) is 3.42. The molecule has 2 N–H and O–H groups in total. The lowest BCUT2D eigenvalue weighted by molar-refractivity contribution is -0.115. The van der Waals surface area contributed by atoms with E-state index in [9.17, 15) is 4.79 Å². The smallest absolute Gasteiger partial charge is 0.226 e. The third kappa shape index (κ3) is 2.07. The van der Waals surface area contributed by atoms with E-state index in [1.165, 1.54) is 0 Å². The molecule has 0 saturated heterocycles. The third-order valence-corrected chi connectivity index (χ3v) is 2.10. The van der Waals surface area contributed by atoms with E-state index in [1.807, 2.05) is 0 Å². The molecule has 0 aliphatic heterocycles. The number of nitrogens with one attached hydrogen (secondary N) is 2. The summed E-state index contributed by atoms with van der Waals surface area (Å²) in [5, 5.41) is 2.99. The number of amides is 1. The van der Waals surface area contributed by atoms with Crippen LogP contribution in [0.4, 0.5) is 5.95 Å². The average Bonchev–Trinajstić information content (AvgIpc) is 2.59. The highest BCUT2D eigenvalue weighted by Crippen LogP contribution is 2.15. The van der Waals surface area contributed by atoms with Crippen molar-refractivity contribution in [2.45, 2.75) is 13.3 Å². The van der Waals surface area contributed by atoms with Crippen LogP contribution in [0.5, 0.6) is 0 Å². The van der Waals surface area contributed by atoms with Gasteiger partial charge in [0.1, 0.15) is 5.15 Å². The molecule has 6 heteroatoms. The summed E-state index contributed by atoms with van der Waals surface area (Å²) in [5.74, 6) is 0.298. The second-order valence-corrected chi connectivity index (χ2v) is 3.38. The van der Waals surface area contributed by atoms with Crippen LogP contribution >= 0.6 is 11.6 Å². The summed E-state index contributed by atoms with van der Waals surface area (Å²) in [6.45, 7) is 1.77. The number of aromatic amines is 1. The third-order valence-electron chi connectivity index (χ3n) is 1.89. The van der Waals surface area contributed by atoms with Gasteiger partial charge >= 0.3 is 0 Å². The average molecular weight is 225 g/mol. The number of carbonyl (C=O) groups excluding carboxylic acids is 1. The molecule has 2 rings (SSSR count). The lowest BCUT2D eigenvalue weighted by atomic mass is 10.4. The number of imidazole rings is 1. The molecule has 0 spiro atoms. The van der Waals surface area contributed by atoms with Gasteiger partial charge in [0.25, 0.3) is 0 Å². The highest BCUT2D eigenvalue weighted by molar-refractivity contribution is 6.29. The van der Waals surface area contributed by atoms with Crippen molar-refractivity contribution in [1.29, 1.82) is 0 Å². The van der Waals surface area contributed by atoms with E-state index in [0.29, 0.717) is 23.2 Å². The lowest BCUT2D eigenvalue weighted by Crippen LogP contribution is -2.10. The molecule has 0 radical (unpaired) electrons. The largest absolute Gasteiger partial charge is 0.322 e. The maximum Gasteiger partial charge on any atom is 0.226 e. The predicted octanol–water partition coefficient (Wildman–Crippen LogP) is 1.96. The van der Waals surface area contributed by atoms with Crippen molar-refractivity contribution in [3.63, 3.8) is 0 Å². The zero-order valence-corrected chi connectivity index (χ0v) is 8.80. The standard InChI is InChI=1S/C9H9ClN4O/c1-2-7(15)13-9-11-5-3-4-6(10)12-8(5)14-9/h3-4H,2H2,1H3,(H2,11,12,13,14,15). The molecule has 15 heavy (non-hydrogen) atoms. The summed E-state index contributed by atoms with van der Waals surface area (Å²) in [4.78, 5) is 22.1. The molecule has 0 aliphatic rings. The first-order chi connectivity index (χ1) is 7.19. The van der Waals surface area contributed by atoms with E-state index in [-0.39, 0.29) is 5.91 Å². The van der Waals surface area contributed by atoms with Gasteiger partial charge in [-0.25, -0.2) is 4.98 Å². The number of anilines is 1. The van der Waals surface area contributed by atoms with Gasteiger partial charge in [0.05, 0.1) is 5.52 Å². The number of H-pyrrole nitrogens is 1. The minimum atomic E-state index is -0.0971. The number of hydrogen-bond acceptors (Lipinski definition) is 3. The molecular weight excluding hydrogens is 216 g/mol. The Labute approximate surface area is 90.9 Å². The zero-order chi connectivity index (χ0) is 10.8. The van der Waals surface area contributed by atoms with Crippen molar-refractivity contribution in [1.82, 2.24) is 15.0 Å². The zero-order valence-electron chi connectivity index (χ0n) is 8.04. The first-order valence-electron chi connectivity index (χ1n) is 4.51. The van der Waals surface area contributed by atoms with Crippen LogP contribution in [0.15, 0.2) is 12.1 Å². The Morgan fingerprint density at radius 3 is 3.07 bits per heavy atom. The van der Waals surface area contributed by atoms with Crippen LogP contribution in [0.2, 0.25) is 5.15 Å². The van der Waals surface area contributed by atoms with Crippen molar-refractivity contribution >= 4 is 34.6 Å². The van der Waals surface area contributed by atoms with Crippen LogP contribution in [0.1, 0.15) is 13.3 Å². The first kappa shape index (κ1) is 9.92. The normalized spacial score (nSPS) is 10.5. The van der Waals surface area contributed by atoms with E-state index >= 15 is 0 Å². The highest BCUT2D eigenvalue weighted by atomic mass is 35.5. The van der Waals surface area contributed by atoms with Crippen molar-refractivity contribution in [3.8, 4) is 0 Å². The fourth-order valence-corrected chi connectivity index (χ4v) is 1.29. The summed E-state index contributed by atoms with van der Waals surface area (Å²) in [7, 11) is 0. The van der Waals surface area contributed by atoms with Gasteiger partial charge in [0.2, 0.25) is 11.9 Å². The molecular formula is C9H9ClN4O. The van der Waals surface area contributed by atoms with Crippen molar-refractivity contribution < 1.29 is 4.79 Å². The molecule has 0 aromatic carbocycles. The molecule has 0 atom stereocenters. The molecule has 2 aromatic heterocycles. The SMILES string of the molecule is CCC(=O)Nc1nc2nc(Cl)ccc2[nH]1. The fraction of sp³-hybridized carbons (Fsp3) is 0.222. The Morgan fingerprint density at radius 2 is 2.33 bits per heavy atom. The number of carbonyl (C=O) groups is 1. The van der Waals surface area contributed by atoms with Gasteiger partial charge in [-0.2, -0.15) is 4.98 Å². The van der Waals surface area contributed by atoms with Gasteiger partial charge in [0, 0.05) is 6.42 Å². The van der Waals surface area contributed by atoms with Crippen molar-refractivity contribution in [2.24, 2.45) is 0 Å². The van der Waals surface area contributed by atoms with Gasteiger partial charge in [-0.15, -0.1) is 0 Å². The van der Waals surface area contributed by atoms with E-state index in [2.05, 4.69) is 20.3 Å². The first-order valence-corrected chi connectivity index (χ1v) is 4.89. The van der Waals surface area contributed by atoms with Gasteiger partial charge in [-0.05, 0) is 12.1 Å². The van der Waals surface area contributed by atoms with Crippen LogP contribution < -0.4 is 5.32 Å².